The molecule has 25 heavy (non-hydrogen) atoms. The summed E-state index contributed by atoms with van der Waals surface area (Å²) in [7, 11) is 1.91. The van der Waals surface area contributed by atoms with E-state index in [0.29, 0.717) is 31.0 Å². The van der Waals surface area contributed by atoms with Crippen molar-refractivity contribution in [1.29, 1.82) is 0 Å². The third-order valence-electron chi connectivity index (χ3n) is 5.17. The third-order valence-corrected chi connectivity index (χ3v) is 6.19. The van der Waals surface area contributed by atoms with E-state index in [1.165, 1.54) is 17.5 Å². The monoisotopic (exact) mass is 401 g/mol. The van der Waals surface area contributed by atoms with Crippen molar-refractivity contribution in [3.8, 4) is 0 Å². The third kappa shape index (κ3) is 4.64. The summed E-state index contributed by atoms with van der Waals surface area (Å²) in [5.74, 6) is 0.814. The number of aromatic nitrogens is 1. The smallest absolute Gasteiger partial charge is 0.222 e. The molecular weight excluding hydrogens is 377 g/mol. The number of fused-ring (bicyclic) bond motifs is 3. The zero-order valence-corrected chi connectivity index (χ0v) is 16.8. The molecule has 2 aliphatic heterocycles. The van der Waals surface area contributed by atoms with Gasteiger partial charge in [0.1, 0.15) is 5.01 Å². The van der Waals surface area contributed by atoms with Gasteiger partial charge in [0.15, 0.2) is 0 Å². The van der Waals surface area contributed by atoms with Crippen molar-refractivity contribution in [3.05, 3.63) is 29.3 Å². The van der Waals surface area contributed by atoms with Gasteiger partial charge in [0.25, 0.3) is 0 Å². The number of halogens is 2. The molecule has 2 bridgehead atoms. The van der Waals surface area contributed by atoms with Crippen LogP contribution in [0.4, 0.5) is 0 Å². The van der Waals surface area contributed by atoms with Crippen molar-refractivity contribution < 1.29 is 4.79 Å². The Morgan fingerprint density at radius 1 is 1.24 bits per heavy atom. The largest absolute Gasteiger partial charge is 0.339 e. The number of hydrogen-bond donors (Lipinski definition) is 1. The van der Waals surface area contributed by atoms with Crippen LogP contribution in [0.2, 0.25) is 0 Å². The molecule has 4 rings (SSSR count). The van der Waals surface area contributed by atoms with E-state index in [2.05, 4.69) is 16.4 Å². The second kappa shape index (κ2) is 8.67. The first kappa shape index (κ1) is 20.4. The average molecular weight is 402 g/mol. The fourth-order valence-corrected chi connectivity index (χ4v) is 5.04. The molecule has 0 radical (unpaired) electrons. The molecule has 0 aliphatic carbocycles. The SMILES string of the molecule is CN(Cc1nc2ccccc2s1)C(=O)CC1CC2CCC(C1)N2.Cl.Cl. The highest BCUT2D eigenvalue weighted by Gasteiger charge is 2.34. The first-order chi connectivity index (χ1) is 11.2. The van der Waals surface area contributed by atoms with Crippen LogP contribution in [0.3, 0.4) is 0 Å². The summed E-state index contributed by atoms with van der Waals surface area (Å²) in [5, 5.41) is 4.67. The van der Waals surface area contributed by atoms with Crippen LogP contribution in [0, 0.1) is 5.92 Å². The predicted molar refractivity (Wildman–Crippen MR) is 108 cm³/mol. The fraction of sp³-hybridized carbons (Fsp3) is 0.556. The van der Waals surface area contributed by atoms with Gasteiger partial charge in [0, 0.05) is 25.6 Å². The summed E-state index contributed by atoms with van der Waals surface area (Å²) in [6, 6.07) is 9.46. The van der Waals surface area contributed by atoms with Crippen LogP contribution >= 0.6 is 36.2 Å². The normalized spacial score (nSPS) is 24.4. The van der Waals surface area contributed by atoms with Crippen LogP contribution in [-0.4, -0.2) is 34.9 Å². The molecule has 2 saturated heterocycles. The molecule has 2 aromatic rings. The van der Waals surface area contributed by atoms with Crippen molar-refractivity contribution in [3.63, 3.8) is 0 Å². The van der Waals surface area contributed by atoms with Crippen molar-refractivity contribution in [2.75, 3.05) is 7.05 Å². The summed E-state index contributed by atoms with van der Waals surface area (Å²) >= 11 is 1.68. The minimum Gasteiger partial charge on any atom is -0.339 e. The molecule has 2 atom stereocenters. The predicted octanol–water partition coefficient (Wildman–Crippen LogP) is 4.02. The Bertz CT molecular complexity index is 678. The lowest BCUT2D eigenvalue weighted by molar-refractivity contribution is -0.131. The average Bonchev–Trinajstić information content (AvgIpc) is 3.09. The van der Waals surface area contributed by atoms with Crippen LogP contribution in [0.1, 0.15) is 37.1 Å². The molecule has 0 saturated carbocycles. The highest BCUT2D eigenvalue weighted by molar-refractivity contribution is 7.18. The van der Waals surface area contributed by atoms with Gasteiger partial charge in [-0.25, -0.2) is 4.98 Å². The zero-order valence-electron chi connectivity index (χ0n) is 14.3. The van der Waals surface area contributed by atoms with Gasteiger partial charge in [-0.3, -0.25) is 4.79 Å². The van der Waals surface area contributed by atoms with E-state index in [-0.39, 0.29) is 30.7 Å². The number of nitrogens with zero attached hydrogens (tertiary/aromatic N) is 2. The maximum absolute atomic E-state index is 12.5. The first-order valence-electron chi connectivity index (χ1n) is 8.52. The number of carbonyl (C=O) groups is 1. The second-order valence-electron chi connectivity index (χ2n) is 7.00. The summed E-state index contributed by atoms with van der Waals surface area (Å²) in [4.78, 5) is 19.0. The maximum Gasteiger partial charge on any atom is 0.222 e. The Balaban J connectivity index is 0.00000113. The van der Waals surface area contributed by atoms with Gasteiger partial charge in [0.2, 0.25) is 5.91 Å². The first-order valence-corrected chi connectivity index (χ1v) is 9.33. The number of para-hydroxylation sites is 1. The highest BCUT2D eigenvalue weighted by atomic mass is 35.5. The summed E-state index contributed by atoms with van der Waals surface area (Å²) in [6.07, 6.45) is 5.60. The molecule has 1 amide bonds. The van der Waals surface area contributed by atoms with Gasteiger partial charge in [-0.1, -0.05) is 12.1 Å². The molecule has 1 aromatic heterocycles. The number of carbonyl (C=O) groups excluding carboxylic acids is 1. The molecule has 2 aliphatic rings. The van der Waals surface area contributed by atoms with Crippen LogP contribution in [0.15, 0.2) is 24.3 Å². The molecule has 0 spiro atoms. The second-order valence-corrected chi connectivity index (χ2v) is 8.12. The number of piperidine rings is 1. The van der Waals surface area contributed by atoms with Gasteiger partial charge >= 0.3 is 0 Å². The standard InChI is InChI=1S/C18H23N3OS.2ClH/c1-21(11-17-20-15-4-2-3-5-16(15)23-17)18(22)10-12-8-13-6-7-14(9-12)19-13;;/h2-5,12-14,19H,6-11H2,1H3;2*1H. The lowest BCUT2D eigenvalue weighted by atomic mass is 9.89. The minimum absolute atomic E-state index is 0. The summed E-state index contributed by atoms with van der Waals surface area (Å²) < 4.78 is 1.19. The van der Waals surface area contributed by atoms with Gasteiger partial charge < -0.3 is 10.2 Å². The number of thiazole rings is 1. The lowest BCUT2D eigenvalue weighted by Gasteiger charge is -2.29. The number of nitrogens with one attached hydrogen (secondary N) is 1. The van der Waals surface area contributed by atoms with E-state index >= 15 is 0 Å². The Morgan fingerprint density at radius 3 is 2.60 bits per heavy atom. The van der Waals surface area contributed by atoms with Crippen LogP contribution in [0.5, 0.6) is 0 Å². The summed E-state index contributed by atoms with van der Waals surface area (Å²) in [5.41, 5.74) is 1.03. The molecule has 138 valence electrons. The Hall–Kier alpha value is -0.880. The van der Waals surface area contributed by atoms with Gasteiger partial charge in [0.05, 0.1) is 16.8 Å². The molecule has 3 heterocycles. The Kier molecular flexibility index (Phi) is 7.09. The molecular formula is C18H25Cl2N3OS. The Morgan fingerprint density at radius 2 is 1.92 bits per heavy atom. The van der Waals surface area contributed by atoms with E-state index < -0.39 is 0 Å². The molecule has 4 nitrogen and oxygen atoms in total. The fourth-order valence-electron chi connectivity index (χ4n) is 4.02. The Labute approximate surface area is 165 Å². The van der Waals surface area contributed by atoms with Crippen LogP contribution in [-0.2, 0) is 11.3 Å². The van der Waals surface area contributed by atoms with E-state index in [0.717, 1.165) is 23.4 Å². The van der Waals surface area contributed by atoms with Crippen LogP contribution < -0.4 is 5.32 Å². The van der Waals surface area contributed by atoms with Gasteiger partial charge in [-0.15, -0.1) is 36.2 Å². The number of benzene rings is 1. The van der Waals surface area contributed by atoms with Gasteiger partial charge in [-0.05, 0) is 43.7 Å². The quantitative estimate of drug-likeness (QED) is 0.840. The molecule has 1 N–H and O–H groups in total. The van der Waals surface area contributed by atoms with E-state index in [9.17, 15) is 4.79 Å². The van der Waals surface area contributed by atoms with Crippen molar-refractivity contribution in [2.45, 2.75) is 50.7 Å². The molecule has 2 fully saturated rings. The lowest BCUT2D eigenvalue weighted by Crippen LogP contribution is -2.39. The van der Waals surface area contributed by atoms with E-state index in [4.69, 9.17) is 0 Å². The number of rotatable bonds is 4. The van der Waals surface area contributed by atoms with Crippen molar-refractivity contribution >= 4 is 52.3 Å². The molecule has 1 aromatic carbocycles. The van der Waals surface area contributed by atoms with Crippen molar-refractivity contribution in [2.24, 2.45) is 5.92 Å². The zero-order chi connectivity index (χ0) is 15.8. The van der Waals surface area contributed by atoms with Crippen LogP contribution in [0.25, 0.3) is 10.2 Å². The summed E-state index contributed by atoms with van der Waals surface area (Å²) in [6.45, 7) is 0.621. The van der Waals surface area contributed by atoms with E-state index in [1.54, 1.807) is 11.3 Å². The minimum atomic E-state index is 0. The molecule has 2 unspecified atom stereocenters. The maximum atomic E-state index is 12.5. The van der Waals surface area contributed by atoms with E-state index in [1.807, 2.05) is 30.1 Å². The van der Waals surface area contributed by atoms with Gasteiger partial charge in [-0.2, -0.15) is 0 Å². The topological polar surface area (TPSA) is 45.2 Å². The highest BCUT2D eigenvalue weighted by Crippen LogP contribution is 2.33. The van der Waals surface area contributed by atoms with Crippen molar-refractivity contribution in [1.82, 2.24) is 15.2 Å². The number of amides is 1. The number of hydrogen-bond acceptors (Lipinski definition) is 4. The molecule has 7 heteroatoms.